The van der Waals surface area contributed by atoms with E-state index in [1.165, 1.54) is 0 Å². The van der Waals surface area contributed by atoms with E-state index in [2.05, 4.69) is 5.32 Å². The van der Waals surface area contributed by atoms with Gasteiger partial charge in [0.05, 0.1) is 12.3 Å². The molecule has 1 aromatic rings. The molecule has 1 aromatic carbocycles. The third-order valence-corrected chi connectivity index (χ3v) is 4.86. The topological polar surface area (TPSA) is 84.5 Å². The zero-order valence-electron chi connectivity index (χ0n) is 16.8. The predicted octanol–water partition coefficient (Wildman–Crippen LogP) is 2.42. The molecule has 3 aliphatic heterocycles. The van der Waals surface area contributed by atoms with E-state index in [0.29, 0.717) is 18.0 Å². The Morgan fingerprint density at radius 1 is 1.00 bits per heavy atom. The molecule has 3 fully saturated rings. The van der Waals surface area contributed by atoms with Gasteiger partial charge in [0.1, 0.15) is 24.1 Å². The Balaban J connectivity index is 1.57. The molecule has 0 unspecified atom stereocenters. The van der Waals surface area contributed by atoms with Crippen LogP contribution in [0.2, 0.25) is 0 Å². The second-order valence-corrected chi connectivity index (χ2v) is 8.01. The third-order valence-electron chi connectivity index (χ3n) is 4.86. The van der Waals surface area contributed by atoms with Gasteiger partial charge in [-0.15, -0.1) is 0 Å². The van der Waals surface area contributed by atoms with E-state index in [-0.39, 0.29) is 5.91 Å². The number of hydrogen-bond acceptors (Lipinski definition) is 7. The number of hydrogen-bond donors (Lipinski definition) is 1. The number of benzene rings is 1. The van der Waals surface area contributed by atoms with Gasteiger partial charge in [-0.1, -0.05) is 12.1 Å². The number of nitrogens with one attached hydrogen (secondary N) is 1. The maximum absolute atomic E-state index is 13.1. The maximum atomic E-state index is 13.1. The van der Waals surface area contributed by atoms with E-state index in [9.17, 15) is 4.79 Å². The highest BCUT2D eigenvalue weighted by atomic mass is 16.9. The van der Waals surface area contributed by atoms with Crippen LogP contribution in [0.25, 0.3) is 0 Å². The summed E-state index contributed by atoms with van der Waals surface area (Å²) >= 11 is 0. The Morgan fingerprint density at radius 2 is 1.64 bits per heavy atom. The minimum absolute atomic E-state index is 0.352. The summed E-state index contributed by atoms with van der Waals surface area (Å²) in [5.41, 5.74) is 0.568. The fraction of sp³-hybridized carbons (Fsp3) is 0.650. The molecule has 0 aromatic heterocycles. The molecule has 3 saturated heterocycles. The Kier molecular flexibility index (Phi) is 4.87. The number of carbonyl (C=O) groups is 1. The first kappa shape index (κ1) is 19.6. The van der Waals surface area contributed by atoms with E-state index in [1.807, 2.05) is 19.1 Å². The quantitative estimate of drug-likeness (QED) is 0.841. The number of anilines is 1. The summed E-state index contributed by atoms with van der Waals surface area (Å²) < 4.78 is 35.4. The molecule has 28 heavy (non-hydrogen) atoms. The minimum atomic E-state index is -0.916. The summed E-state index contributed by atoms with van der Waals surface area (Å²) in [5.74, 6) is -1.45. The van der Waals surface area contributed by atoms with Gasteiger partial charge in [-0.25, -0.2) is 0 Å². The standard InChI is InChI=1S/C20H27NO7/c1-6-23-12-10-8-7-9-11(12)21-17(22)15-13-14(26-19(2,3)25-13)16-18(24-15)28-20(4,5)27-16/h7-10,13-16,18H,6H2,1-5H3,(H,21,22)/t13-,14+,15+,16-,18-/m1/s1. The van der Waals surface area contributed by atoms with Gasteiger partial charge in [0.15, 0.2) is 24.0 Å². The molecule has 0 spiro atoms. The van der Waals surface area contributed by atoms with Gasteiger partial charge in [-0.3, -0.25) is 4.79 Å². The smallest absolute Gasteiger partial charge is 0.256 e. The fourth-order valence-electron chi connectivity index (χ4n) is 3.88. The first-order valence-corrected chi connectivity index (χ1v) is 9.58. The van der Waals surface area contributed by atoms with Crippen LogP contribution >= 0.6 is 0 Å². The molecule has 3 aliphatic rings. The molecule has 3 heterocycles. The molecule has 0 saturated carbocycles. The van der Waals surface area contributed by atoms with Gasteiger partial charge >= 0.3 is 0 Å². The van der Waals surface area contributed by atoms with E-state index >= 15 is 0 Å². The zero-order valence-corrected chi connectivity index (χ0v) is 16.8. The highest BCUT2D eigenvalue weighted by Gasteiger charge is 2.62. The molecule has 4 rings (SSSR count). The largest absolute Gasteiger partial charge is 0.492 e. The molecule has 154 valence electrons. The first-order chi connectivity index (χ1) is 13.2. The van der Waals surface area contributed by atoms with Crippen LogP contribution in [0.3, 0.4) is 0 Å². The van der Waals surface area contributed by atoms with Crippen molar-refractivity contribution in [3.05, 3.63) is 24.3 Å². The number of carbonyl (C=O) groups excluding carboxylic acids is 1. The molecular formula is C20H27NO7. The summed E-state index contributed by atoms with van der Waals surface area (Å²) in [6.45, 7) is 9.60. The van der Waals surface area contributed by atoms with Gasteiger partial charge < -0.3 is 33.7 Å². The lowest BCUT2D eigenvalue weighted by Gasteiger charge is -2.36. The van der Waals surface area contributed by atoms with Crippen LogP contribution in [0.15, 0.2) is 24.3 Å². The molecule has 8 heteroatoms. The van der Waals surface area contributed by atoms with E-state index in [4.69, 9.17) is 28.4 Å². The number of rotatable bonds is 4. The summed E-state index contributed by atoms with van der Waals surface area (Å²) in [4.78, 5) is 13.1. The molecule has 1 N–H and O–H groups in total. The Bertz CT molecular complexity index is 750. The highest BCUT2D eigenvalue weighted by Crippen LogP contribution is 2.44. The molecule has 5 atom stereocenters. The fourth-order valence-corrected chi connectivity index (χ4v) is 3.88. The van der Waals surface area contributed by atoms with Crippen LogP contribution in [0.4, 0.5) is 5.69 Å². The Morgan fingerprint density at radius 3 is 2.39 bits per heavy atom. The van der Waals surface area contributed by atoms with Gasteiger partial charge in [0, 0.05) is 0 Å². The minimum Gasteiger partial charge on any atom is -0.492 e. The molecule has 8 nitrogen and oxygen atoms in total. The molecular weight excluding hydrogens is 366 g/mol. The van der Waals surface area contributed by atoms with Crippen LogP contribution in [-0.2, 0) is 28.5 Å². The second kappa shape index (κ2) is 6.96. The van der Waals surface area contributed by atoms with Gasteiger partial charge in [-0.05, 0) is 46.8 Å². The average molecular weight is 393 g/mol. The third kappa shape index (κ3) is 3.62. The van der Waals surface area contributed by atoms with Crippen molar-refractivity contribution < 1.29 is 33.2 Å². The van der Waals surface area contributed by atoms with Crippen molar-refractivity contribution in [2.45, 2.75) is 76.9 Å². The van der Waals surface area contributed by atoms with Crippen molar-refractivity contribution >= 4 is 11.6 Å². The number of fused-ring (bicyclic) bond motifs is 3. The number of para-hydroxylation sites is 2. The summed E-state index contributed by atoms with van der Waals surface area (Å²) in [6.07, 6.45) is -3.20. The van der Waals surface area contributed by atoms with Crippen LogP contribution in [0.1, 0.15) is 34.6 Å². The maximum Gasteiger partial charge on any atom is 0.256 e. The molecule has 0 radical (unpaired) electrons. The van der Waals surface area contributed by atoms with Gasteiger partial charge in [0.2, 0.25) is 0 Å². The lowest BCUT2D eigenvalue weighted by molar-refractivity contribution is -0.229. The first-order valence-electron chi connectivity index (χ1n) is 9.58. The van der Waals surface area contributed by atoms with Crippen LogP contribution in [0, 0.1) is 0 Å². The number of amides is 1. The van der Waals surface area contributed by atoms with Crippen LogP contribution in [-0.4, -0.2) is 54.8 Å². The molecule has 1 amide bonds. The predicted molar refractivity (Wildman–Crippen MR) is 98.8 cm³/mol. The van der Waals surface area contributed by atoms with Crippen molar-refractivity contribution in [2.24, 2.45) is 0 Å². The van der Waals surface area contributed by atoms with E-state index < -0.39 is 42.3 Å². The van der Waals surface area contributed by atoms with Crippen molar-refractivity contribution in [1.82, 2.24) is 0 Å². The lowest BCUT2D eigenvalue weighted by atomic mass is 9.98. The van der Waals surface area contributed by atoms with Gasteiger partial charge in [-0.2, -0.15) is 0 Å². The zero-order chi connectivity index (χ0) is 20.1. The molecule has 0 bridgehead atoms. The van der Waals surface area contributed by atoms with Crippen LogP contribution in [0.5, 0.6) is 5.75 Å². The SMILES string of the molecule is CCOc1ccccc1NC(=O)[C@H]1O[C@@H]2OC(C)(C)O[C@@H]2[C@H]2OC(C)(C)O[C@H]21. The van der Waals surface area contributed by atoms with Crippen molar-refractivity contribution in [2.75, 3.05) is 11.9 Å². The van der Waals surface area contributed by atoms with Crippen molar-refractivity contribution in [1.29, 1.82) is 0 Å². The summed E-state index contributed by atoms with van der Waals surface area (Å²) in [7, 11) is 0. The Hall–Kier alpha value is -1.71. The van der Waals surface area contributed by atoms with E-state index in [0.717, 1.165) is 0 Å². The number of ether oxygens (including phenoxy) is 6. The van der Waals surface area contributed by atoms with Crippen LogP contribution < -0.4 is 10.1 Å². The Labute approximate surface area is 164 Å². The van der Waals surface area contributed by atoms with Crippen molar-refractivity contribution in [3.8, 4) is 5.75 Å². The summed E-state index contributed by atoms with van der Waals surface area (Å²) in [5, 5.41) is 2.88. The van der Waals surface area contributed by atoms with E-state index in [1.54, 1.807) is 39.8 Å². The monoisotopic (exact) mass is 393 g/mol. The average Bonchev–Trinajstić information content (AvgIpc) is 3.10. The normalized spacial score (nSPS) is 35.1. The van der Waals surface area contributed by atoms with Crippen molar-refractivity contribution in [3.63, 3.8) is 0 Å². The lowest BCUT2D eigenvalue weighted by Crippen LogP contribution is -2.58. The second-order valence-electron chi connectivity index (χ2n) is 8.01. The van der Waals surface area contributed by atoms with Gasteiger partial charge in [0.25, 0.3) is 5.91 Å². The molecule has 0 aliphatic carbocycles. The summed E-state index contributed by atoms with van der Waals surface area (Å²) in [6, 6.07) is 7.25. The highest BCUT2D eigenvalue weighted by molar-refractivity contribution is 5.96.